The molecule has 1 fully saturated rings. The van der Waals surface area contributed by atoms with Gasteiger partial charge in [-0.1, -0.05) is 54.6 Å². The molecular formula is C28H31FN4O2. The van der Waals surface area contributed by atoms with Crippen LogP contribution in [0.2, 0.25) is 0 Å². The van der Waals surface area contributed by atoms with Gasteiger partial charge in [-0.3, -0.25) is 20.4 Å². The monoisotopic (exact) mass is 474 g/mol. The van der Waals surface area contributed by atoms with Gasteiger partial charge >= 0.3 is 0 Å². The SMILES string of the molecule is CN(CCCC1CC(c2cccc(F)c2)NN1)C(=O)CNC(=O)c1ccc(-c2ccccc2)cc1. The highest BCUT2D eigenvalue weighted by molar-refractivity contribution is 5.96. The molecule has 2 atom stereocenters. The average Bonchev–Trinajstić information content (AvgIpc) is 3.36. The summed E-state index contributed by atoms with van der Waals surface area (Å²) in [5.74, 6) is -0.630. The third-order valence-electron chi connectivity index (χ3n) is 6.36. The molecule has 0 radical (unpaired) electrons. The maximum Gasteiger partial charge on any atom is 0.251 e. The van der Waals surface area contributed by atoms with Gasteiger partial charge in [0.15, 0.2) is 0 Å². The second-order valence-corrected chi connectivity index (χ2v) is 8.91. The van der Waals surface area contributed by atoms with Crippen LogP contribution in [-0.2, 0) is 4.79 Å². The fourth-order valence-corrected chi connectivity index (χ4v) is 4.29. The molecule has 3 aromatic rings. The predicted octanol–water partition coefficient (Wildman–Crippen LogP) is 4.07. The summed E-state index contributed by atoms with van der Waals surface area (Å²) >= 11 is 0. The van der Waals surface area contributed by atoms with Gasteiger partial charge in [0.2, 0.25) is 5.91 Å². The Bertz CT molecular complexity index is 1140. The molecular weight excluding hydrogens is 443 g/mol. The number of nitrogens with one attached hydrogen (secondary N) is 3. The molecule has 4 rings (SSSR count). The van der Waals surface area contributed by atoms with Gasteiger partial charge in [0, 0.05) is 31.2 Å². The number of carbonyl (C=O) groups excluding carboxylic acids is 2. The zero-order valence-electron chi connectivity index (χ0n) is 19.8. The highest BCUT2D eigenvalue weighted by Crippen LogP contribution is 2.24. The predicted molar refractivity (Wildman–Crippen MR) is 135 cm³/mol. The minimum absolute atomic E-state index is 0.0410. The third kappa shape index (κ3) is 6.74. The second-order valence-electron chi connectivity index (χ2n) is 8.91. The summed E-state index contributed by atoms with van der Waals surface area (Å²) in [5.41, 5.74) is 10.1. The Hall–Kier alpha value is -3.55. The highest BCUT2D eigenvalue weighted by atomic mass is 19.1. The molecule has 3 aromatic carbocycles. The van der Waals surface area contributed by atoms with Crippen LogP contribution in [0.1, 0.15) is 41.2 Å². The van der Waals surface area contributed by atoms with Crippen LogP contribution in [0, 0.1) is 5.82 Å². The van der Waals surface area contributed by atoms with E-state index in [-0.39, 0.29) is 36.3 Å². The van der Waals surface area contributed by atoms with Crippen molar-refractivity contribution < 1.29 is 14.0 Å². The number of benzene rings is 3. The van der Waals surface area contributed by atoms with Gasteiger partial charge in [-0.2, -0.15) is 0 Å². The number of carbonyl (C=O) groups is 2. The van der Waals surface area contributed by atoms with Crippen LogP contribution in [0.25, 0.3) is 11.1 Å². The van der Waals surface area contributed by atoms with E-state index in [0.29, 0.717) is 12.1 Å². The summed E-state index contributed by atoms with van der Waals surface area (Å²) in [6.45, 7) is 0.559. The van der Waals surface area contributed by atoms with Gasteiger partial charge in [0.05, 0.1) is 6.54 Å². The van der Waals surface area contributed by atoms with Crippen LogP contribution < -0.4 is 16.2 Å². The van der Waals surface area contributed by atoms with Crippen LogP contribution in [0.5, 0.6) is 0 Å². The van der Waals surface area contributed by atoms with E-state index in [2.05, 4.69) is 16.2 Å². The Kier molecular flexibility index (Phi) is 8.23. The fraction of sp³-hybridized carbons (Fsp3) is 0.286. The maximum absolute atomic E-state index is 13.5. The van der Waals surface area contributed by atoms with Crippen molar-refractivity contribution >= 4 is 11.8 Å². The van der Waals surface area contributed by atoms with E-state index in [0.717, 1.165) is 36.0 Å². The molecule has 0 saturated carbocycles. The standard InChI is InChI=1S/C28H31FN4O2/c1-33(16-6-11-25-18-26(32-31-25)23-9-5-10-24(29)17-23)27(34)19-30-28(35)22-14-12-21(13-15-22)20-7-3-2-4-8-20/h2-5,7-10,12-15,17,25-26,31-32H,6,11,16,18-19H2,1H3,(H,30,35). The van der Waals surface area contributed by atoms with Crippen molar-refractivity contribution in [3.8, 4) is 11.1 Å². The molecule has 1 aliphatic rings. The second kappa shape index (κ2) is 11.7. The van der Waals surface area contributed by atoms with Crippen LogP contribution >= 0.6 is 0 Å². The number of amides is 2. The smallest absolute Gasteiger partial charge is 0.251 e. The average molecular weight is 475 g/mol. The number of nitrogens with zero attached hydrogens (tertiary/aromatic N) is 1. The van der Waals surface area contributed by atoms with Crippen molar-refractivity contribution in [2.45, 2.75) is 31.3 Å². The van der Waals surface area contributed by atoms with E-state index in [4.69, 9.17) is 0 Å². The summed E-state index contributed by atoms with van der Waals surface area (Å²) in [5, 5.41) is 2.72. The first-order chi connectivity index (χ1) is 17.0. The van der Waals surface area contributed by atoms with Gasteiger partial charge in [0.1, 0.15) is 5.82 Å². The minimum atomic E-state index is -0.268. The number of halogens is 1. The number of hydrogen-bond acceptors (Lipinski definition) is 4. The summed E-state index contributed by atoms with van der Waals surface area (Å²) in [6, 6.07) is 24.3. The van der Waals surface area contributed by atoms with Crippen LogP contribution in [-0.4, -0.2) is 42.9 Å². The lowest BCUT2D eigenvalue weighted by Crippen LogP contribution is -2.39. The summed E-state index contributed by atoms with van der Waals surface area (Å²) in [4.78, 5) is 26.6. The number of hydrogen-bond donors (Lipinski definition) is 3. The van der Waals surface area contributed by atoms with E-state index in [1.165, 1.54) is 6.07 Å². The molecule has 0 spiro atoms. The molecule has 0 aromatic heterocycles. The van der Waals surface area contributed by atoms with E-state index in [1.807, 2.05) is 48.5 Å². The molecule has 2 unspecified atom stereocenters. The normalized spacial score (nSPS) is 17.2. The maximum atomic E-state index is 13.5. The third-order valence-corrected chi connectivity index (χ3v) is 6.36. The van der Waals surface area contributed by atoms with Gasteiger partial charge in [0.25, 0.3) is 5.91 Å². The van der Waals surface area contributed by atoms with Gasteiger partial charge in [-0.05, 0) is 60.2 Å². The molecule has 1 saturated heterocycles. The molecule has 1 aliphatic heterocycles. The topological polar surface area (TPSA) is 73.5 Å². The van der Waals surface area contributed by atoms with E-state index >= 15 is 0 Å². The van der Waals surface area contributed by atoms with Crippen LogP contribution in [0.3, 0.4) is 0 Å². The molecule has 182 valence electrons. The summed E-state index contributed by atoms with van der Waals surface area (Å²) in [6.07, 6.45) is 2.57. The van der Waals surface area contributed by atoms with Crippen molar-refractivity contribution in [3.63, 3.8) is 0 Å². The Morgan fingerprint density at radius 3 is 2.46 bits per heavy atom. The Labute approximate surface area is 205 Å². The van der Waals surface area contributed by atoms with Crippen molar-refractivity contribution in [1.82, 2.24) is 21.1 Å². The molecule has 7 heteroatoms. The number of rotatable bonds is 9. The van der Waals surface area contributed by atoms with Crippen molar-refractivity contribution in [2.75, 3.05) is 20.1 Å². The first-order valence-corrected chi connectivity index (χ1v) is 11.9. The van der Waals surface area contributed by atoms with E-state index < -0.39 is 0 Å². The molecule has 1 heterocycles. The summed E-state index contributed by atoms with van der Waals surface area (Å²) in [7, 11) is 1.75. The molecule has 35 heavy (non-hydrogen) atoms. The lowest BCUT2D eigenvalue weighted by molar-refractivity contribution is -0.128. The van der Waals surface area contributed by atoms with Crippen molar-refractivity contribution in [3.05, 3.63) is 95.8 Å². The molecule has 0 aliphatic carbocycles. The van der Waals surface area contributed by atoms with Crippen molar-refractivity contribution in [2.24, 2.45) is 0 Å². The van der Waals surface area contributed by atoms with Crippen LogP contribution in [0.15, 0.2) is 78.9 Å². The first-order valence-electron chi connectivity index (χ1n) is 11.9. The minimum Gasteiger partial charge on any atom is -0.344 e. The molecule has 3 N–H and O–H groups in total. The van der Waals surface area contributed by atoms with Crippen molar-refractivity contribution in [1.29, 1.82) is 0 Å². The number of hydrazine groups is 1. The molecule has 2 amide bonds. The van der Waals surface area contributed by atoms with Gasteiger partial charge in [-0.25, -0.2) is 4.39 Å². The molecule has 0 bridgehead atoms. The zero-order valence-corrected chi connectivity index (χ0v) is 19.8. The highest BCUT2D eigenvalue weighted by Gasteiger charge is 2.25. The lowest BCUT2D eigenvalue weighted by atomic mass is 9.99. The Morgan fingerprint density at radius 1 is 0.971 bits per heavy atom. The lowest BCUT2D eigenvalue weighted by Gasteiger charge is -2.18. The van der Waals surface area contributed by atoms with E-state index in [9.17, 15) is 14.0 Å². The Balaban J connectivity index is 1.16. The first kappa shape index (κ1) is 24.6. The quantitative estimate of drug-likeness (QED) is 0.437. The summed E-state index contributed by atoms with van der Waals surface area (Å²) < 4.78 is 13.5. The molecule has 6 nitrogen and oxygen atoms in total. The fourth-order valence-electron chi connectivity index (χ4n) is 4.29. The van der Waals surface area contributed by atoms with Gasteiger partial charge in [-0.15, -0.1) is 0 Å². The largest absolute Gasteiger partial charge is 0.344 e. The van der Waals surface area contributed by atoms with Gasteiger partial charge < -0.3 is 10.2 Å². The Morgan fingerprint density at radius 2 is 1.71 bits per heavy atom. The van der Waals surface area contributed by atoms with Crippen LogP contribution in [0.4, 0.5) is 4.39 Å². The zero-order chi connectivity index (χ0) is 24.6. The van der Waals surface area contributed by atoms with E-state index in [1.54, 1.807) is 36.2 Å². The number of likely N-dealkylation sites (N-methyl/N-ethyl adjacent to an activating group) is 1.